The summed E-state index contributed by atoms with van der Waals surface area (Å²) in [4.78, 5) is 4.58. The van der Waals surface area contributed by atoms with Gasteiger partial charge in [0.2, 0.25) is 0 Å². The van der Waals surface area contributed by atoms with Crippen molar-refractivity contribution in [3.63, 3.8) is 0 Å². The summed E-state index contributed by atoms with van der Waals surface area (Å²) in [6, 6.07) is 10.0. The van der Waals surface area contributed by atoms with Crippen molar-refractivity contribution in [1.29, 1.82) is 0 Å². The second-order valence-corrected chi connectivity index (χ2v) is 2.61. The van der Waals surface area contributed by atoms with Gasteiger partial charge >= 0.3 is 0 Å². The molecule has 0 radical (unpaired) electrons. The second kappa shape index (κ2) is 7.53. The highest BCUT2D eigenvalue weighted by Crippen LogP contribution is 1.97. The Morgan fingerprint density at radius 3 is 1.92 bits per heavy atom. The third-order valence-corrected chi connectivity index (χ3v) is 1.40. The summed E-state index contributed by atoms with van der Waals surface area (Å²) in [6.45, 7) is 3.63. The van der Waals surface area contributed by atoms with Crippen molar-refractivity contribution in [3.05, 3.63) is 42.5 Å². The van der Waals surface area contributed by atoms with Crippen molar-refractivity contribution in [2.24, 2.45) is 0 Å². The van der Waals surface area contributed by atoms with Crippen LogP contribution in [0, 0.1) is 0 Å². The minimum Gasteiger partial charge on any atom is -0.303 e. The molecule has 0 unspecified atom stereocenters. The summed E-state index contributed by atoms with van der Waals surface area (Å²) < 4.78 is 0. The van der Waals surface area contributed by atoms with E-state index in [0.717, 1.165) is 0 Å². The van der Waals surface area contributed by atoms with Crippen LogP contribution in [0.2, 0.25) is 0 Å². The average Bonchev–Trinajstić information content (AvgIpc) is 2.20. The lowest BCUT2D eigenvalue weighted by Gasteiger charge is -2.01. The lowest BCUT2D eigenvalue weighted by atomic mass is 10.2. The molecule has 2 heteroatoms. The van der Waals surface area contributed by atoms with Crippen molar-refractivity contribution >= 4 is 6.08 Å². The minimum absolute atomic E-state index is 1.17. The molecular weight excluding hydrogens is 162 g/mol. The van der Waals surface area contributed by atoms with E-state index in [2.05, 4.69) is 11.4 Å². The Morgan fingerprint density at radius 1 is 1.23 bits per heavy atom. The van der Waals surface area contributed by atoms with Gasteiger partial charge < -0.3 is 4.84 Å². The van der Waals surface area contributed by atoms with Gasteiger partial charge in [-0.2, -0.15) is 5.06 Å². The van der Waals surface area contributed by atoms with Gasteiger partial charge in [-0.1, -0.05) is 43.0 Å². The molecule has 13 heavy (non-hydrogen) atoms. The van der Waals surface area contributed by atoms with Crippen LogP contribution in [-0.2, 0) is 4.84 Å². The SMILES string of the molecule is C=Cc1ccccc1.CON(C)C. The van der Waals surface area contributed by atoms with E-state index in [0.29, 0.717) is 0 Å². The summed E-state index contributed by atoms with van der Waals surface area (Å²) in [6.07, 6.45) is 1.83. The number of hydroxylamine groups is 2. The fourth-order valence-corrected chi connectivity index (χ4v) is 0.589. The molecule has 0 N–H and O–H groups in total. The first-order chi connectivity index (χ1) is 6.20. The minimum atomic E-state index is 1.17. The molecule has 0 aliphatic rings. The van der Waals surface area contributed by atoms with Crippen molar-refractivity contribution in [3.8, 4) is 0 Å². The molecule has 0 aliphatic carbocycles. The van der Waals surface area contributed by atoms with Crippen molar-refractivity contribution in [2.45, 2.75) is 0 Å². The normalized spacial score (nSPS) is 8.92. The predicted molar refractivity (Wildman–Crippen MR) is 57.2 cm³/mol. The molecule has 0 fully saturated rings. The number of hydrogen-bond acceptors (Lipinski definition) is 2. The Hall–Kier alpha value is -1.12. The van der Waals surface area contributed by atoms with Crippen LogP contribution in [0.5, 0.6) is 0 Å². The lowest BCUT2D eigenvalue weighted by molar-refractivity contribution is -0.0855. The first kappa shape index (κ1) is 11.9. The summed E-state index contributed by atoms with van der Waals surface area (Å²) in [5.74, 6) is 0. The van der Waals surface area contributed by atoms with Crippen LogP contribution in [0.15, 0.2) is 36.9 Å². The van der Waals surface area contributed by atoms with Gasteiger partial charge in [-0.3, -0.25) is 0 Å². The molecule has 72 valence electrons. The summed E-state index contributed by atoms with van der Waals surface area (Å²) >= 11 is 0. The fourth-order valence-electron chi connectivity index (χ4n) is 0.589. The van der Waals surface area contributed by atoms with Crippen LogP contribution in [0.25, 0.3) is 6.08 Å². The molecule has 0 aliphatic heterocycles. The van der Waals surface area contributed by atoms with E-state index in [1.807, 2.05) is 50.5 Å². The molecule has 0 amide bonds. The zero-order valence-electron chi connectivity index (χ0n) is 8.53. The Morgan fingerprint density at radius 2 is 1.69 bits per heavy atom. The molecule has 2 nitrogen and oxygen atoms in total. The van der Waals surface area contributed by atoms with Gasteiger partial charge in [0.05, 0.1) is 7.11 Å². The van der Waals surface area contributed by atoms with Crippen LogP contribution in [-0.4, -0.2) is 26.3 Å². The quantitative estimate of drug-likeness (QED) is 0.646. The highest BCUT2D eigenvalue weighted by molar-refractivity contribution is 5.45. The van der Waals surface area contributed by atoms with Crippen LogP contribution < -0.4 is 0 Å². The van der Waals surface area contributed by atoms with Gasteiger partial charge in [0.25, 0.3) is 0 Å². The average molecular weight is 179 g/mol. The maximum Gasteiger partial charge on any atom is 0.0574 e. The van der Waals surface area contributed by atoms with Gasteiger partial charge in [-0.25, -0.2) is 0 Å². The third-order valence-electron chi connectivity index (χ3n) is 1.40. The molecule has 0 heterocycles. The monoisotopic (exact) mass is 179 g/mol. The Balaban J connectivity index is 0.000000252. The molecule has 1 aromatic rings. The summed E-state index contributed by atoms with van der Waals surface area (Å²) in [5, 5.41) is 1.62. The number of hydrogen-bond donors (Lipinski definition) is 0. The largest absolute Gasteiger partial charge is 0.303 e. The molecule has 0 atom stereocenters. The molecule has 1 rings (SSSR count). The number of nitrogens with zero attached hydrogens (tertiary/aromatic N) is 1. The maximum atomic E-state index is 4.58. The van der Waals surface area contributed by atoms with Crippen LogP contribution >= 0.6 is 0 Å². The van der Waals surface area contributed by atoms with Crippen LogP contribution in [0.4, 0.5) is 0 Å². The van der Waals surface area contributed by atoms with Crippen LogP contribution in [0.1, 0.15) is 5.56 Å². The molecule has 0 saturated carbocycles. The zero-order chi connectivity index (χ0) is 10.1. The van der Waals surface area contributed by atoms with Gasteiger partial charge in [0.15, 0.2) is 0 Å². The zero-order valence-corrected chi connectivity index (χ0v) is 8.53. The van der Waals surface area contributed by atoms with Crippen molar-refractivity contribution < 1.29 is 4.84 Å². The predicted octanol–water partition coefficient (Wildman–Crippen LogP) is 2.44. The molecule has 0 aromatic heterocycles. The van der Waals surface area contributed by atoms with Gasteiger partial charge in [-0.05, 0) is 5.56 Å². The standard InChI is InChI=1S/C8H8.C3H9NO/c1-2-8-6-4-3-5-7-8;1-4(2)5-3/h2-7H,1H2;1-3H3. The number of benzene rings is 1. The molecule has 0 bridgehead atoms. The van der Waals surface area contributed by atoms with E-state index in [4.69, 9.17) is 0 Å². The van der Waals surface area contributed by atoms with E-state index in [9.17, 15) is 0 Å². The van der Waals surface area contributed by atoms with E-state index >= 15 is 0 Å². The molecule has 0 spiro atoms. The number of rotatable bonds is 2. The Labute approximate surface area is 80.4 Å². The third kappa shape index (κ3) is 7.25. The van der Waals surface area contributed by atoms with E-state index in [1.165, 1.54) is 5.56 Å². The van der Waals surface area contributed by atoms with Gasteiger partial charge in [0.1, 0.15) is 0 Å². The molecule has 0 saturated heterocycles. The van der Waals surface area contributed by atoms with Crippen molar-refractivity contribution in [1.82, 2.24) is 5.06 Å². The molecule has 1 aromatic carbocycles. The summed E-state index contributed by atoms with van der Waals surface area (Å²) in [7, 11) is 5.29. The molecular formula is C11H17NO. The van der Waals surface area contributed by atoms with E-state index < -0.39 is 0 Å². The highest BCUT2D eigenvalue weighted by atomic mass is 16.7. The van der Waals surface area contributed by atoms with E-state index in [-0.39, 0.29) is 0 Å². The Bertz CT molecular complexity index is 219. The van der Waals surface area contributed by atoms with E-state index in [1.54, 1.807) is 12.2 Å². The maximum absolute atomic E-state index is 4.58. The lowest BCUT2D eigenvalue weighted by Crippen LogP contribution is -2.07. The van der Waals surface area contributed by atoms with Gasteiger partial charge in [-0.15, -0.1) is 0 Å². The van der Waals surface area contributed by atoms with Crippen LogP contribution in [0.3, 0.4) is 0 Å². The van der Waals surface area contributed by atoms with Crippen molar-refractivity contribution in [2.75, 3.05) is 21.2 Å². The summed E-state index contributed by atoms with van der Waals surface area (Å²) in [5.41, 5.74) is 1.17. The fraction of sp³-hybridized carbons (Fsp3) is 0.273. The highest BCUT2D eigenvalue weighted by Gasteiger charge is 1.75. The first-order valence-electron chi connectivity index (χ1n) is 4.09. The van der Waals surface area contributed by atoms with Gasteiger partial charge in [0, 0.05) is 14.1 Å². The second-order valence-electron chi connectivity index (χ2n) is 2.61. The Kier molecular flexibility index (Phi) is 6.88. The topological polar surface area (TPSA) is 12.5 Å². The first-order valence-corrected chi connectivity index (χ1v) is 4.09. The smallest absolute Gasteiger partial charge is 0.0574 e.